The Morgan fingerprint density at radius 2 is 2.08 bits per heavy atom. The molecule has 1 N–H and O–H groups in total. The van der Waals surface area contributed by atoms with Crippen molar-refractivity contribution in [3.05, 3.63) is 30.3 Å². The molecular formula is C16H21N5O3. The molecule has 3 heterocycles. The zero-order valence-electron chi connectivity index (χ0n) is 13.9. The number of nitrogens with zero attached hydrogens (tertiary/aromatic N) is 4. The fraction of sp³-hybridized carbons (Fsp3) is 0.438. The van der Waals surface area contributed by atoms with Crippen molar-refractivity contribution in [3.63, 3.8) is 0 Å². The molecular weight excluding hydrogens is 310 g/mol. The second-order valence-electron chi connectivity index (χ2n) is 5.72. The number of amides is 1. The minimum atomic E-state index is -0.0835. The Balaban J connectivity index is 1.48. The molecule has 24 heavy (non-hydrogen) atoms. The Hall–Kier alpha value is -2.61. The van der Waals surface area contributed by atoms with E-state index in [1.54, 1.807) is 26.3 Å². The van der Waals surface area contributed by atoms with Crippen molar-refractivity contribution in [1.82, 2.24) is 15.0 Å². The second-order valence-corrected chi connectivity index (χ2v) is 5.72. The highest BCUT2D eigenvalue weighted by Gasteiger charge is 2.20. The molecule has 1 saturated heterocycles. The molecule has 0 saturated carbocycles. The maximum Gasteiger partial charge on any atom is 0.239 e. The molecule has 0 unspecified atom stereocenters. The van der Waals surface area contributed by atoms with Crippen molar-refractivity contribution in [2.24, 2.45) is 0 Å². The van der Waals surface area contributed by atoms with Crippen molar-refractivity contribution in [2.45, 2.75) is 6.92 Å². The summed E-state index contributed by atoms with van der Waals surface area (Å²) in [5.41, 5.74) is 1.04. The lowest BCUT2D eigenvalue weighted by molar-refractivity contribution is -0.117. The third-order valence-corrected chi connectivity index (χ3v) is 3.93. The van der Waals surface area contributed by atoms with Gasteiger partial charge in [0.15, 0.2) is 5.82 Å². The monoisotopic (exact) mass is 331 g/mol. The van der Waals surface area contributed by atoms with E-state index < -0.39 is 0 Å². The molecule has 1 aliphatic rings. The molecule has 0 aliphatic carbocycles. The normalized spacial score (nSPS) is 15.3. The maximum absolute atomic E-state index is 12.1. The first kappa shape index (κ1) is 16.3. The Morgan fingerprint density at radius 3 is 2.75 bits per heavy atom. The van der Waals surface area contributed by atoms with Gasteiger partial charge in [0.2, 0.25) is 5.91 Å². The number of carbonyl (C=O) groups is 1. The third-order valence-electron chi connectivity index (χ3n) is 3.93. The van der Waals surface area contributed by atoms with Crippen LogP contribution in [0.5, 0.6) is 5.75 Å². The van der Waals surface area contributed by atoms with E-state index in [1.807, 2.05) is 12.3 Å². The molecule has 0 radical (unpaired) electrons. The van der Waals surface area contributed by atoms with Gasteiger partial charge in [0, 0.05) is 38.3 Å². The van der Waals surface area contributed by atoms with Crippen molar-refractivity contribution < 1.29 is 14.1 Å². The lowest BCUT2D eigenvalue weighted by atomic mass is 10.2. The molecule has 128 valence electrons. The Labute approximate surface area is 140 Å². The van der Waals surface area contributed by atoms with Crippen LogP contribution in [0.1, 0.15) is 5.76 Å². The number of pyridine rings is 1. The lowest BCUT2D eigenvalue weighted by Gasteiger charge is -2.35. The average Bonchev–Trinajstić information content (AvgIpc) is 3.00. The topological polar surface area (TPSA) is 83.7 Å². The first-order valence-corrected chi connectivity index (χ1v) is 7.83. The summed E-state index contributed by atoms with van der Waals surface area (Å²) in [7, 11) is 1.63. The van der Waals surface area contributed by atoms with Crippen molar-refractivity contribution in [1.29, 1.82) is 0 Å². The highest BCUT2D eigenvalue weighted by atomic mass is 16.5. The number of carbonyl (C=O) groups excluding carboxylic acids is 1. The Bertz CT molecular complexity index is 695. The van der Waals surface area contributed by atoms with E-state index in [0.717, 1.165) is 37.6 Å². The summed E-state index contributed by atoms with van der Waals surface area (Å²) in [5, 5.41) is 6.51. The summed E-state index contributed by atoms with van der Waals surface area (Å²) in [4.78, 5) is 20.6. The van der Waals surface area contributed by atoms with Crippen LogP contribution >= 0.6 is 0 Å². The first-order chi connectivity index (χ1) is 11.6. The average molecular weight is 331 g/mol. The number of anilines is 2. The zero-order chi connectivity index (χ0) is 16.9. The van der Waals surface area contributed by atoms with Gasteiger partial charge in [0.05, 0.1) is 31.7 Å². The van der Waals surface area contributed by atoms with Crippen LogP contribution in [-0.2, 0) is 4.79 Å². The highest BCUT2D eigenvalue weighted by Crippen LogP contribution is 2.20. The minimum Gasteiger partial charge on any atom is -0.495 e. The van der Waals surface area contributed by atoms with Crippen LogP contribution in [-0.4, -0.2) is 60.8 Å². The van der Waals surface area contributed by atoms with Gasteiger partial charge in [-0.1, -0.05) is 5.16 Å². The van der Waals surface area contributed by atoms with E-state index in [0.29, 0.717) is 18.1 Å². The number of aromatic nitrogens is 2. The van der Waals surface area contributed by atoms with Gasteiger partial charge in [-0.05, 0) is 6.92 Å². The largest absolute Gasteiger partial charge is 0.495 e. The van der Waals surface area contributed by atoms with E-state index in [9.17, 15) is 4.79 Å². The lowest BCUT2D eigenvalue weighted by Crippen LogP contribution is -2.48. The third kappa shape index (κ3) is 4.02. The summed E-state index contributed by atoms with van der Waals surface area (Å²) < 4.78 is 10.1. The summed E-state index contributed by atoms with van der Waals surface area (Å²) >= 11 is 0. The van der Waals surface area contributed by atoms with Crippen LogP contribution in [0.15, 0.2) is 29.0 Å². The van der Waals surface area contributed by atoms with Gasteiger partial charge in [-0.25, -0.2) is 0 Å². The van der Waals surface area contributed by atoms with E-state index in [4.69, 9.17) is 9.26 Å². The van der Waals surface area contributed by atoms with Crippen LogP contribution < -0.4 is 15.0 Å². The van der Waals surface area contributed by atoms with Gasteiger partial charge in [-0.15, -0.1) is 0 Å². The van der Waals surface area contributed by atoms with Gasteiger partial charge in [-0.2, -0.15) is 0 Å². The minimum absolute atomic E-state index is 0.0835. The number of hydrogen-bond acceptors (Lipinski definition) is 7. The number of methoxy groups -OCH3 is 1. The van der Waals surface area contributed by atoms with Crippen LogP contribution in [0.2, 0.25) is 0 Å². The molecule has 0 bridgehead atoms. The Kier molecular flexibility index (Phi) is 4.95. The summed E-state index contributed by atoms with van der Waals surface area (Å²) in [6.45, 7) is 5.42. The molecule has 8 heteroatoms. The summed E-state index contributed by atoms with van der Waals surface area (Å²) in [5.74, 6) is 1.79. The second kappa shape index (κ2) is 7.31. The quantitative estimate of drug-likeness (QED) is 0.880. The van der Waals surface area contributed by atoms with Gasteiger partial charge in [0.25, 0.3) is 0 Å². The van der Waals surface area contributed by atoms with E-state index in [-0.39, 0.29) is 5.91 Å². The van der Waals surface area contributed by atoms with E-state index in [2.05, 4.69) is 25.3 Å². The molecule has 0 spiro atoms. The molecule has 2 aromatic heterocycles. The maximum atomic E-state index is 12.1. The van der Waals surface area contributed by atoms with Crippen molar-refractivity contribution in [3.8, 4) is 5.75 Å². The van der Waals surface area contributed by atoms with Gasteiger partial charge in [-0.3, -0.25) is 14.7 Å². The van der Waals surface area contributed by atoms with Crippen molar-refractivity contribution in [2.75, 3.05) is 50.1 Å². The molecule has 1 fully saturated rings. The van der Waals surface area contributed by atoms with E-state index in [1.165, 1.54) is 0 Å². The number of rotatable bonds is 5. The van der Waals surface area contributed by atoms with E-state index >= 15 is 0 Å². The van der Waals surface area contributed by atoms with Crippen LogP contribution in [0, 0.1) is 6.92 Å². The number of ether oxygens (including phenoxy) is 1. The molecule has 0 atom stereocenters. The standard InChI is InChI=1S/C16H21N5O3/c1-12-7-15(19-24-12)18-16(22)11-20-3-5-21(6-4-20)13-8-14(23-2)10-17-9-13/h7-10H,3-6,11H2,1-2H3,(H,18,19,22). The van der Waals surface area contributed by atoms with Crippen LogP contribution in [0.4, 0.5) is 11.5 Å². The fourth-order valence-electron chi connectivity index (χ4n) is 2.67. The zero-order valence-corrected chi connectivity index (χ0v) is 13.9. The predicted octanol–water partition coefficient (Wildman–Crippen LogP) is 1.15. The molecule has 1 aliphatic heterocycles. The number of hydrogen-bond donors (Lipinski definition) is 1. The van der Waals surface area contributed by atoms with Gasteiger partial charge >= 0.3 is 0 Å². The number of piperazine rings is 1. The summed E-state index contributed by atoms with van der Waals surface area (Å²) in [6, 6.07) is 3.67. The molecule has 8 nitrogen and oxygen atoms in total. The SMILES string of the molecule is COc1cncc(N2CCN(CC(=O)Nc3cc(C)on3)CC2)c1. The Morgan fingerprint density at radius 1 is 1.29 bits per heavy atom. The highest BCUT2D eigenvalue weighted by molar-refractivity contribution is 5.91. The van der Waals surface area contributed by atoms with Gasteiger partial charge in [0.1, 0.15) is 11.5 Å². The summed E-state index contributed by atoms with van der Waals surface area (Å²) in [6.07, 6.45) is 3.52. The van der Waals surface area contributed by atoms with Gasteiger partial charge < -0.3 is 19.5 Å². The van der Waals surface area contributed by atoms with Crippen LogP contribution in [0.25, 0.3) is 0 Å². The number of nitrogens with one attached hydrogen (secondary N) is 1. The molecule has 0 aromatic carbocycles. The molecule has 1 amide bonds. The smallest absolute Gasteiger partial charge is 0.239 e. The fourth-order valence-corrected chi connectivity index (χ4v) is 2.67. The predicted molar refractivity (Wildman–Crippen MR) is 89.3 cm³/mol. The van der Waals surface area contributed by atoms with Crippen molar-refractivity contribution >= 4 is 17.4 Å². The van der Waals surface area contributed by atoms with Crippen LogP contribution in [0.3, 0.4) is 0 Å². The molecule has 3 rings (SSSR count). The molecule has 2 aromatic rings. The first-order valence-electron chi connectivity index (χ1n) is 7.83. The number of aryl methyl sites for hydroxylation is 1.